The third-order valence-corrected chi connectivity index (χ3v) is 4.74. The van der Waals surface area contributed by atoms with Gasteiger partial charge in [0.15, 0.2) is 0 Å². The number of hydrogen-bond acceptors (Lipinski definition) is 2. The minimum Gasteiger partial charge on any atom is -0.337 e. The monoisotopic (exact) mass is 406 g/mol. The van der Waals surface area contributed by atoms with Crippen LogP contribution in [0, 0.1) is 5.82 Å². The molecule has 0 aliphatic rings. The predicted octanol–water partition coefficient (Wildman–Crippen LogP) is 5.84. The summed E-state index contributed by atoms with van der Waals surface area (Å²) in [5, 5.41) is 6.63. The number of urea groups is 1. The lowest BCUT2D eigenvalue weighted by Gasteiger charge is -2.09. The highest BCUT2D eigenvalue weighted by molar-refractivity contribution is 7.98. The molecule has 0 fully saturated rings. The van der Waals surface area contributed by atoms with Gasteiger partial charge in [-0.15, -0.1) is 0 Å². The molecule has 8 heteroatoms. The van der Waals surface area contributed by atoms with Crippen LogP contribution >= 0.6 is 46.6 Å². The van der Waals surface area contributed by atoms with E-state index < -0.39 is 0 Å². The van der Waals surface area contributed by atoms with Crippen LogP contribution in [-0.2, 0) is 5.75 Å². The summed E-state index contributed by atoms with van der Waals surface area (Å²) in [7, 11) is 0. The average Bonchev–Trinajstić information content (AvgIpc) is 2.48. The van der Waals surface area contributed by atoms with E-state index in [0.29, 0.717) is 44.4 Å². The molecule has 2 aromatic rings. The van der Waals surface area contributed by atoms with Gasteiger partial charge < -0.3 is 10.6 Å². The lowest BCUT2D eigenvalue weighted by Crippen LogP contribution is -2.30. The molecule has 0 aliphatic carbocycles. The van der Waals surface area contributed by atoms with E-state index >= 15 is 0 Å². The highest BCUT2D eigenvalue weighted by Gasteiger charge is 2.07. The topological polar surface area (TPSA) is 41.1 Å². The highest BCUT2D eigenvalue weighted by Crippen LogP contribution is 2.24. The van der Waals surface area contributed by atoms with Gasteiger partial charge in [0.25, 0.3) is 0 Å². The quantitative estimate of drug-likeness (QED) is 0.591. The molecular formula is C16H14Cl3FN2OS. The van der Waals surface area contributed by atoms with Crippen molar-refractivity contribution in [3.05, 3.63) is 62.8 Å². The molecule has 0 atom stereocenters. The van der Waals surface area contributed by atoms with Gasteiger partial charge in [-0.25, -0.2) is 9.18 Å². The minimum absolute atomic E-state index is 0.321. The summed E-state index contributed by atoms with van der Waals surface area (Å²) in [4.78, 5) is 11.8. The molecule has 24 heavy (non-hydrogen) atoms. The highest BCUT2D eigenvalue weighted by atomic mass is 35.5. The maximum absolute atomic E-state index is 13.6. The van der Waals surface area contributed by atoms with E-state index in [1.54, 1.807) is 30.3 Å². The molecule has 0 saturated heterocycles. The van der Waals surface area contributed by atoms with Crippen molar-refractivity contribution in [1.82, 2.24) is 5.32 Å². The predicted molar refractivity (Wildman–Crippen MR) is 101 cm³/mol. The van der Waals surface area contributed by atoms with Crippen LogP contribution in [0.15, 0.2) is 36.4 Å². The molecule has 0 saturated carbocycles. The number of anilines is 1. The molecular weight excluding hydrogens is 394 g/mol. The molecule has 0 bridgehead atoms. The van der Waals surface area contributed by atoms with E-state index in [9.17, 15) is 9.18 Å². The zero-order valence-corrected chi connectivity index (χ0v) is 15.5. The van der Waals surface area contributed by atoms with Gasteiger partial charge >= 0.3 is 6.03 Å². The zero-order valence-electron chi connectivity index (χ0n) is 12.4. The summed E-state index contributed by atoms with van der Waals surface area (Å²) in [6, 6.07) is 9.02. The van der Waals surface area contributed by atoms with E-state index in [0.717, 1.165) is 0 Å². The van der Waals surface area contributed by atoms with Gasteiger partial charge in [0, 0.05) is 44.4 Å². The Morgan fingerprint density at radius 2 is 1.83 bits per heavy atom. The van der Waals surface area contributed by atoms with Crippen LogP contribution in [0.3, 0.4) is 0 Å². The summed E-state index contributed by atoms with van der Waals surface area (Å²) in [6.45, 7) is 0.427. The number of nitrogens with one attached hydrogen (secondary N) is 2. The van der Waals surface area contributed by atoms with E-state index in [2.05, 4.69) is 10.6 Å². The van der Waals surface area contributed by atoms with Crippen LogP contribution in [-0.4, -0.2) is 18.3 Å². The molecule has 0 radical (unpaired) electrons. The van der Waals surface area contributed by atoms with E-state index in [1.165, 1.54) is 17.8 Å². The summed E-state index contributed by atoms with van der Waals surface area (Å²) in [5.74, 6) is 0.742. The summed E-state index contributed by atoms with van der Waals surface area (Å²) in [5.41, 5.74) is 0.984. The smallest absolute Gasteiger partial charge is 0.319 e. The maximum atomic E-state index is 13.6. The number of rotatable bonds is 6. The molecule has 2 rings (SSSR count). The largest absolute Gasteiger partial charge is 0.337 e. The van der Waals surface area contributed by atoms with Crippen LogP contribution in [0.4, 0.5) is 14.9 Å². The molecule has 0 unspecified atom stereocenters. The first-order valence-electron chi connectivity index (χ1n) is 6.97. The zero-order chi connectivity index (χ0) is 17.5. The van der Waals surface area contributed by atoms with Crippen LogP contribution in [0.1, 0.15) is 5.56 Å². The van der Waals surface area contributed by atoms with Gasteiger partial charge in [0.1, 0.15) is 5.82 Å². The van der Waals surface area contributed by atoms with Crippen molar-refractivity contribution in [2.24, 2.45) is 0 Å². The number of carbonyl (C=O) groups excluding carboxylic acids is 1. The molecule has 0 aliphatic heterocycles. The molecule has 2 aromatic carbocycles. The second-order valence-corrected chi connectivity index (χ2v) is 7.18. The SMILES string of the molecule is O=C(NCCSCc1c(F)cccc1Cl)Nc1cc(Cl)cc(Cl)c1. The standard InChI is InChI=1S/C16H14Cl3FN2OS/c17-10-6-11(18)8-12(7-10)22-16(23)21-4-5-24-9-13-14(19)2-1-3-15(13)20/h1-3,6-8H,4-5,9H2,(H2,21,22,23). The first-order valence-corrected chi connectivity index (χ1v) is 9.26. The van der Waals surface area contributed by atoms with E-state index in [4.69, 9.17) is 34.8 Å². The molecule has 3 nitrogen and oxygen atoms in total. The Bertz CT molecular complexity index is 690. The molecule has 0 spiro atoms. The average molecular weight is 408 g/mol. The van der Waals surface area contributed by atoms with Crippen molar-refractivity contribution < 1.29 is 9.18 Å². The Hall–Kier alpha value is -1.14. The fourth-order valence-electron chi connectivity index (χ4n) is 1.88. The molecule has 0 heterocycles. The Morgan fingerprint density at radius 1 is 1.12 bits per heavy atom. The van der Waals surface area contributed by atoms with Crippen molar-refractivity contribution in [1.29, 1.82) is 0 Å². The second kappa shape index (κ2) is 9.37. The summed E-state index contributed by atoms with van der Waals surface area (Å²) in [6.07, 6.45) is 0. The van der Waals surface area contributed by atoms with Gasteiger partial charge in [0.2, 0.25) is 0 Å². The number of thioether (sulfide) groups is 1. The Balaban J connectivity index is 1.71. The lowest BCUT2D eigenvalue weighted by atomic mass is 10.2. The van der Waals surface area contributed by atoms with E-state index in [1.807, 2.05) is 0 Å². The Kier molecular flexibility index (Phi) is 7.49. The van der Waals surface area contributed by atoms with Crippen molar-refractivity contribution in [3.63, 3.8) is 0 Å². The number of hydrogen-bond donors (Lipinski definition) is 2. The van der Waals surface area contributed by atoms with Crippen LogP contribution in [0.25, 0.3) is 0 Å². The van der Waals surface area contributed by atoms with Gasteiger partial charge in [-0.3, -0.25) is 0 Å². The van der Waals surface area contributed by atoms with Crippen LogP contribution in [0.5, 0.6) is 0 Å². The Labute approximate surface area is 158 Å². The van der Waals surface area contributed by atoms with Gasteiger partial charge in [-0.1, -0.05) is 40.9 Å². The third kappa shape index (κ3) is 6.06. The van der Waals surface area contributed by atoms with Gasteiger partial charge in [-0.05, 0) is 30.3 Å². The Morgan fingerprint density at radius 3 is 2.50 bits per heavy atom. The fraction of sp³-hybridized carbons (Fsp3) is 0.188. The third-order valence-electron chi connectivity index (χ3n) is 2.96. The molecule has 128 valence electrons. The van der Waals surface area contributed by atoms with Crippen molar-refractivity contribution in [3.8, 4) is 0 Å². The summed E-state index contributed by atoms with van der Waals surface area (Å²) >= 11 is 19.2. The first-order chi connectivity index (χ1) is 11.5. The lowest BCUT2D eigenvalue weighted by molar-refractivity contribution is 0.252. The number of amides is 2. The fourth-order valence-corrected chi connectivity index (χ4v) is 3.61. The van der Waals surface area contributed by atoms with Crippen molar-refractivity contribution >= 4 is 58.3 Å². The number of halogens is 4. The van der Waals surface area contributed by atoms with Crippen molar-refractivity contribution in [2.45, 2.75) is 5.75 Å². The molecule has 0 aromatic heterocycles. The number of benzene rings is 2. The van der Waals surface area contributed by atoms with E-state index in [-0.39, 0.29) is 11.8 Å². The first kappa shape index (κ1) is 19.2. The van der Waals surface area contributed by atoms with Crippen LogP contribution in [0.2, 0.25) is 15.1 Å². The molecule has 2 N–H and O–H groups in total. The van der Waals surface area contributed by atoms with Crippen molar-refractivity contribution in [2.75, 3.05) is 17.6 Å². The van der Waals surface area contributed by atoms with Gasteiger partial charge in [0.05, 0.1) is 0 Å². The second-order valence-electron chi connectivity index (χ2n) is 4.79. The van der Waals surface area contributed by atoms with Crippen LogP contribution < -0.4 is 10.6 Å². The summed E-state index contributed by atoms with van der Waals surface area (Å²) < 4.78 is 13.6. The number of carbonyl (C=O) groups is 1. The minimum atomic E-state index is -0.363. The van der Waals surface area contributed by atoms with Gasteiger partial charge in [-0.2, -0.15) is 11.8 Å². The normalized spacial score (nSPS) is 10.5. The molecule has 2 amide bonds. The maximum Gasteiger partial charge on any atom is 0.319 e.